The van der Waals surface area contributed by atoms with Gasteiger partial charge in [-0.3, -0.25) is 4.79 Å². The maximum absolute atomic E-state index is 12.6. The molecule has 0 atom stereocenters. The van der Waals surface area contributed by atoms with Gasteiger partial charge < -0.3 is 4.74 Å². The van der Waals surface area contributed by atoms with Crippen molar-refractivity contribution in [3.8, 4) is 23.0 Å². The first kappa shape index (κ1) is 19.6. The highest BCUT2D eigenvalue weighted by atomic mass is 35.5. The molecule has 0 aliphatic heterocycles. The molecular weight excluding hydrogens is 372 g/mol. The molecule has 0 saturated heterocycles. The summed E-state index contributed by atoms with van der Waals surface area (Å²) < 4.78 is 7.27. The lowest BCUT2D eigenvalue weighted by Gasteiger charge is -2.15. The number of rotatable bonds is 8. The van der Waals surface area contributed by atoms with E-state index in [1.165, 1.54) is 10.6 Å². The fourth-order valence-electron chi connectivity index (χ4n) is 2.85. The Hall–Kier alpha value is -3.11. The van der Waals surface area contributed by atoms with Crippen LogP contribution in [0, 0.1) is 0 Å². The van der Waals surface area contributed by atoms with Crippen molar-refractivity contribution in [3.63, 3.8) is 0 Å². The van der Waals surface area contributed by atoms with Gasteiger partial charge in [0, 0.05) is 11.6 Å². The van der Waals surface area contributed by atoms with E-state index in [2.05, 4.69) is 18.1 Å². The minimum atomic E-state index is -0.223. The van der Waals surface area contributed by atoms with Gasteiger partial charge in [-0.1, -0.05) is 60.7 Å². The maximum atomic E-state index is 12.6. The predicted molar refractivity (Wildman–Crippen MR) is 115 cm³/mol. The van der Waals surface area contributed by atoms with E-state index < -0.39 is 0 Å². The molecule has 142 valence electrons. The molecule has 0 spiro atoms. The summed E-state index contributed by atoms with van der Waals surface area (Å²) in [7, 11) is 0. The Kier molecular flexibility index (Phi) is 6.45. The van der Waals surface area contributed by atoms with Crippen LogP contribution in [0.25, 0.3) is 23.2 Å². The van der Waals surface area contributed by atoms with Crippen LogP contribution in [-0.2, 0) is 0 Å². The average molecular weight is 393 g/mol. The number of hydrogen-bond donors (Lipinski definition) is 0. The number of aromatic nitrogens is 2. The quantitative estimate of drug-likeness (QED) is 0.373. The first-order chi connectivity index (χ1) is 13.7. The molecule has 0 bridgehead atoms. The highest BCUT2D eigenvalue weighted by molar-refractivity contribution is 6.33. The van der Waals surface area contributed by atoms with E-state index in [-0.39, 0.29) is 5.56 Å². The largest absolute Gasteiger partial charge is 0.478 e. The molecule has 0 radical (unpaired) electrons. The first-order valence-corrected chi connectivity index (χ1v) is 9.38. The maximum Gasteiger partial charge on any atom is 0.259 e. The zero-order valence-electron chi connectivity index (χ0n) is 15.5. The topological polar surface area (TPSA) is 44.1 Å². The Balaban J connectivity index is 2.07. The van der Waals surface area contributed by atoms with Crippen LogP contribution in [-0.4, -0.2) is 16.2 Å². The molecule has 2 aromatic heterocycles. The van der Waals surface area contributed by atoms with Gasteiger partial charge in [-0.2, -0.15) is 0 Å². The van der Waals surface area contributed by atoms with E-state index in [4.69, 9.17) is 16.3 Å². The van der Waals surface area contributed by atoms with Crippen molar-refractivity contribution in [2.75, 3.05) is 6.61 Å². The van der Waals surface area contributed by atoms with E-state index in [1.807, 2.05) is 30.3 Å². The molecule has 4 nitrogen and oxygen atoms in total. The van der Waals surface area contributed by atoms with Gasteiger partial charge in [0.1, 0.15) is 5.82 Å². The fourth-order valence-corrected chi connectivity index (χ4v) is 3.06. The Morgan fingerprint density at radius 1 is 1.07 bits per heavy atom. The van der Waals surface area contributed by atoms with Gasteiger partial charge >= 0.3 is 0 Å². The summed E-state index contributed by atoms with van der Waals surface area (Å²) in [4.78, 5) is 17.2. The van der Waals surface area contributed by atoms with Crippen molar-refractivity contribution in [3.05, 3.63) is 94.8 Å². The van der Waals surface area contributed by atoms with Crippen molar-refractivity contribution in [2.24, 2.45) is 0 Å². The number of nitrogens with zero attached hydrogens (tertiary/aromatic N) is 2. The second-order valence-electron chi connectivity index (χ2n) is 6.11. The van der Waals surface area contributed by atoms with Crippen molar-refractivity contribution < 1.29 is 4.74 Å². The number of halogens is 1. The third kappa shape index (κ3) is 4.24. The van der Waals surface area contributed by atoms with E-state index in [9.17, 15) is 4.79 Å². The van der Waals surface area contributed by atoms with Crippen molar-refractivity contribution in [2.45, 2.75) is 12.8 Å². The monoisotopic (exact) mass is 392 g/mol. The minimum Gasteiger partial charge on any atom is -0.478 e. The molecule has 0 amide bonds. The molecule has 5 heteroatoms. The van der Waals surface area contributed by atoms with Gasteiger partial charge in [0.2, 0.25) is 5.88 Å². The molecule has 0 N–H and O–H groups in total. The van der Waals surface area contributed by atoms with Crippen LogP contribution < -0.4 is 10.3 Å². The number of pyridine rings is 2. The van der Waals surface area contributed by atoms with Crippen LogP contribution in [0.2, 0.25) is 5.02 Å². The molecule has 1 aromatic carbocycles. The Bertz CT molecular complexity index is 1060. The van der Waals surface area contributed by atoms with E-state index in [0.717, 1.165) is 24.0 Å². The highest BCUT2D eigenvalue weighted by Gasteiger charge is 2.14. The zero-order chi connectivity index (χ0) is 19.9. The molecule has 3 aromatic rings. The smallest absolute Gasteiger partial charge is 0.259 e. The molecular formula is C23H21ClN2O2. The second-order valence-corrected chi connectivity index (χ2v) is 6.52. The van der Waals surface area contributed by atoms with Gasteiger partial charge in [-0.25, -0.2) is 9.55 Å². The summed E-state index contributed by atoms with van der Waals surface area (Å²) in [6.07, 6.45) is 5.26. The summed E-state index contributed by atoms with van der Waals surface area (Å²) in [5, 5.41) is 0.496. The Morgan fingerprint density at radius 3 is 2.68 bits per heavy atom. The highest BCUT2D eigenvalue weighted by Crippen LogP contribution is 2.30. The van der Waals surface area contributed by atoms with Crippen LogP contribution in [0.4, 0.5) is 0 Å². The molecule has 2 heterocycles. The van der Waals surface area contributed by atoms with Crippen LogP contribution in [0.1, 0.15) is 18.4 Å². The molecule has 0 aliphatic carbocycles. The predicted octanol–water partition coefficient (Wildman–Crippen LogP) is 5.54. The third-order valence-corrected chi connectivity index (χ3v) is 4.52. The van der Waals surface area contributed by atoms with Gasteiger partial charge in [0.05, 0.1) is 17.3 Å². The number of hydrogen-bond acceptors (Lipinski definition) is 3. The van der Waals surface area contributed by atoms with Gasteiger partial charge in [-0.15, -0.1) is 6.58 Å². The normalized spacial score (nSPS) is 10.5. The van der Waals surface area contributed by atoms with Crippen LogP contribution >= 0.6 is 11.6 Å². The van der Waals surface area contributed by atoms with Crippen LogP contribution in [0.15, 0.2) is 78.6 Å². The Labute approximate surface area is 169 Å². The number of benzene rings is 1. The fraction of sp³-hybridized carbons (Fsp3) is 0.130. The molecule has 0 unspecified atom stereocenters. The van der Waals surface area contributed by atoms with Crippen molar-refractivity contribution >= 4 is 17.7 Å². The second kappa shape index (κ2) is 9.20. The lowest BCUT2D eigenvalue weighted by atomic mass is 10.0. The summed E-state index contributed by atoms with van der Waals surface area (Å²) in [6.45, 7) is 8.04. The third-order valence-electron chi connectivity index (χ3n) is 4.22. The summed E-state index contributed by atoms with van der Waals surface area (Å²) in [5.74, 6) is 0.886. The summed E-state index contributed by atoms with van der Waals surface area (Å²) in [6, 6.07) is 16.1. The number of unbranched alkanes of at least 4 members (excludes halogenated alkanes) is 1. The lowest BCUT2D eigenvalue weighted by molar-refractivity contribution is 0.291. The lowest BCUT2D eigenvalue weighted by Crippen LogP contribution is -2.20. The Morgan fingerprint density at radius 2 is 1.89 bits per heavy atom. The SMILES string of the molecule is C=CCCCOc1cccc(=O)n1-c1ccc(Cl)c(-c2ccccc2C=C)n1. The minimum absolute atomic E-state index is 0.223. The molecule has 0 fully saturated rings. The average Bonchev–Trinajstić information content (AvgIpc) is 2.72. The summed E-state index contributed by atoms with van der Waals surface area (Å²) >= 11 is 6.42. The number of allylic oxidation sites excluding steroid dienone is 1. The van der Waals surface area contributed by atoms with Gasteiger partial charge in [0.15, 0.2) is 0 Å². The van der Waals surface area contributed by atoms with Gasteiger partial charge in [0.25, 0.3) is 5.56 Å². The summed E-state index contributed by atoms with van der Waals surface area (Å²) in [5.41, 5.74) is 2.12. The number of ether oxygens (including phenoxy) is 1. The molecule has 28 heavy (non-hydrogen) atoms. The van der Waals surface area contributed by atoms with Gasteiger partial charge in [-0.05, 0) is 36.6 Å². The van der Waals surface area contributed by atoms with E-state index in [0.29, 0.717) is 29.0 Å². The standard InChI is InChI=1S/C23H21ClN2O2/c1-3-5-8-16-28-22-13-9-12-21(27)26(22)20-15-14-19(24)23(25-20)18-11-7-6-10-17(18)4-2/h3-4,6-7,9-15H,1-2,5,8,16H2. The molecule has 0 saturated carbocycles. The van der Waals surface area contributed by atoms with Crippen LogP contribution in [0.5, 0.6) is 5.88 Å². The van der Waals surface area contributed by atoms with Crippen LogP contribution in [0.3, 0.4) is 0 Å². The van der Waals surface area contributed by atoms with Crippen molar-refractivity contribution in [1.29, 1.82) is 0 Å². The molecule has 3 rings (SSSR count). The van der Waals surface area contributed by atoms with E-state index in [1.54, 1.807) is 30.3 Å². The first-order valence-electron chi connectivity index (χ1n) is 9.00. The van der Waals surface area contributed by atoms with E-state index >= 15 is 0 Å². The zero-order valence-corrected chi connectivity index (χ0v) is 16.2. The molecule has 0 aliphatic rings. The van der Waals surface area contributed by atoms with Crippen molar-refractivity contribution in [1.82, 2.24) is 9.55 Å².